The lowest BCUT2D eigenvalue weighted by Gasteiger charge is -2.30. The third kappa shape index (κ3) is 13.0. The van der Waals surface area contributed by atoms with Gasteiger partial charge in [0.2, 0.25) is 16.9 Å². The maximum absolute atomic E-state index is 12.7. The van der Waals surface area contributed by atoms with Crippen molar-refractivity contribution in [2.75, 3.05) is 37.8 Å². The minimum Gasteiger partial charge on any atom is -0.480 e. The van der Waals surface area contributed by atoms with Crippen LogP contribution in [0.5, 0.6) is 0 Å². The van der Waals surface area contributed by atoms with E-state index in [1.807, 2.05) is 0 Å². The number of fused-ring (bicyclic) bond motifs is 1. The van der Waals surface area contributed by atoms with Gasteiger partial charge in [0.25, 0.3) is 0 Å². The Bertz CT molecular complexity index is 1910. The maximum Gasteiger partial charge on any atom is 0.481 e. The van der Waals surface area contributed by atoms with E-state index in [1.165, 1.54) is 27.7 Å². The Balaban J connectivity index is 1.50. The van der Waals surface area contributed by atoms with Gasteiger partial charge in [0.1, 0.15) is 41.7 Å². The summed E-state index contributed by atoms with van der Waals surface area (Å²) in [5.41, 5.74) is 2.58. The number of carbonyl (C=O) groups excluding carboxylic acids is 3. The van der Waals surface area contributed by atoms with Crippen molar-refractivity contribution in [1.29, 1.82) is 0 Å². The number of phosphoric acid groups is 3. The van der Waals surface area contributed by atoms with Crippen molar-refractivity contribution in [3.8, 4) is 0 Å². The Kier molecular flexibility index (Phi) is 15.9. The van der Waals surface area contributed by atoms with E-state index in [4.69, 9.17) is 24.6 Å². The van der Waals surface area contributed by atoms with E-state index in [0.717, 1.165) is 29.0 Å². The number of nitrogens with two attached hydrogens (primary N) is 1. The lowest BCUT2D eigenvalue weighted by molar-refractivity contribution is -0.150. The second-order valence-corrected chi connectivity index (χ2v) is 18.4. The van der Waals surface area contributed by atoms with Gasteiger partial charge in [-0.15, -0.1) is 0 Å². The van der Waals surface area contributed by atoms with Gasteiger partial charge in [-0.1, -0.05) is 25.6 Å². The van der Waals surface area contributed by atoms with Crippen molar-refractivity contribution in [3.63, 3.8) is 0 Å². The summed E-state index contributed by atoms with van der Waals surface area (Å²) < 4.78 is 61.9. The lowest BCUT2D eigenvalue weighted by Crippen LogP contribution is -2.46. The Labute approximate surface area is 321 Å². The first-order valence-corrected chi connectivity index (χ1v) is 21.5. The number of aliphatic hydroxyl groups is 2. The largest absolute Gasteiger partial charge is 0.481 e. The number of amides is 2. The van der Waals surface area contributed by atoms with Crippen molar-refractivity contribution in [2.24, 2.45) is 10.8 Å². The summed E-state index contributed by atoms with van der Waals surface area (Å²) in [5.74, 6) is -2.84. The minimum atomic E-state index is -5.59. The van der Waals surface area contributed by atoms with Gasteiger partial charge < -0.3 is 56.0 Å². The molecule has 0 spiro atoms. The van der Waals surface area contributed by atoms with Crippen LogP contribution in [0.25, 0.3) is 11.2 Å². The predicted molar refractivity (Wildman–Crippen MR) is 189 cm³/mol. The lowest BCUT2D eigenvalue weighted by atomic mass is 9.87. The summed E-state index contributed by atoms with van der Waals surface area (Å²) in [6, 6.07) is 0. The number of nitrogen functional groups attached to an aromatic ring is 1. The standard InChI is InChI=1S/C26H42N7O19P3S/c1-25(2,18(36)21(37)29-6-5-14(34)28-7-8-56-24(40)26(3,4)23(38)39)10-49-55(46,47)52-54(44,45)48-9-13-17(51-53(41,42)43)16(35)22(50-13)33-12-32-15-19(27)30-11-31-20(15)33/h11-13,16-18,22,35-36H,5-10H2,1-4H3,(H,28,34)(H,29,37)(H,38,39)(H,44,45)(H,46,47)(H2,27,30,31)(H2,41,42,43)/t13-,16-,17-,18+,22-/m1/s1/i3+2/t13-,16-,17-,18+,22-,26?. The number of aliphatic hydroxyl groups excluding tert-OH is 2. The molecule has 26 nitrogen and oxygen atoms in total. The first kappa shape index (κ1) is 47.4. The number of carbonyl (C=O) groups is 4. The number of nitrogens with one attached hydrogen (secondary N) is 2. The molecule has 11 N–H and O–H groups in total. The fourth-order valence-electron chi connectivity index (χ4n) is 4.54. The van der Waals surface area contributed by atoms with E-state index in [9.17, 15) is 62.7 Å². The average Bonchev–Trinajstić information content (AvgIpc) is 3.64. The molecule has 0 radical (unpaired) electrons. The fraction of sp³-hybridized carbons (Fsp3) is 0.654. The highest BCUT2D eigenvalue weighted by Gasteiger charge is 2.50. The van der Waals surface area contributed by atoms with Gasteiger partial charge in [-0.25, -0.2) is 28.6 Å². The van der Waals surface area contributed by atoms with Crippen LogP contribution >= 0.6 is 35.2 Å². The highest BCUT2D eigenvalue weighted by Crippen LogP contribution is 2.61. The number of nitrogens with zero attached hydrogens (tertiary/aromatic N) is 4. The van der Waals surface area contributed by atoms with Gasteiger partial charge in [-0.3, -0.25) is 37.3 Å². The van der Waals surface area contributed by atoms with E-state index in [0.29, 0.717) is 0 Å². The second-order valence-electron chi connectivity index (χ2n) is 13.1. The average molecular weight is 884 g/mol. The quantitative estimate of drug-likeness (QED) is 0.0399. The number of aliphatic carboxylic acids is 1. The molecule has 0 aromatic carbocycles. The zero-order valence-corrected chi connectivity index (χ0v) is 33.4. The molecule has 316 valence electrons. The van der Waals surface area contributed by atoms with Crippen LogP contribution in [0.4, 0.5) is 5.82 Å². The van der Waals surface area contributed by atoms with E-state index in [2.05, 4.69) is 34.4 Å². The Morgan fingerprint density at radius 1 is 1.05 bits per heavy atom. The highest BCUT2D eigenvalue weighted by atomic mass is 32.2. The van der Waals surface area contributed by atoms with Crippen LogP contribution in [-0.4, -0.2) is 134 Å². The Morgan fingerprint density at radius 2 is 1.70 bits per heavy atom. The molecule has 0 aliphatic carbocycles. The van der Waals surface area contributed by atoms with E-state index >= 15 is 0 Å². The van der Waals surface area contributed by atoms with Crippen LogP contribution in [-0.2, 0) is 55.5 Å². The number of hydrogen-bond donors (Lipinski definition) is 10. The molecule has 0 saturated carbocycles. The van der Waals surface area contributed by atoms with Gasteiger partial charge in [-0.05, 0) is 13.8 Å². The highest BCUT2D eigenvalue weighted by molar-refractivity contribution is 8.13. The first-order chi connectivity index (χ1) is 25.7. The molecule has 1 aliphatic heterocycles. The van der Waals surface area contributed by atoms with Crippen LogP contribution in [0.3, 0.4) is 0 Å². The second kappa shape index (κ2) is 18.7. The number of thioether (sulfide) groups is 1. The third-order valence-electron chi connectivity index (χ3n) is 7.78. The number of aromatic nitrogens is 4. The van der Waals surface area contributed by atoms with E-state index in [-0.39, 0.29) is 42.2 Å². The van der Waals surface area contributed by atoms with Crippen LogP contribution in [0.15, 0.2) is 12.7 Å². The number of carboxylic acids is 1. The topological polar surface area (TPSA) is 401 Å². The summed E-state index contributed by atoms with van der Waals surface area (Å²) in [7, 11) is -16.5. The van der Waals surface area contributed by atoms with Gasteiger partial charge in [0, 0.05) is 30.7 Å². The van der Waals surface area contributed by atoms with Crippen LogP contribution in [0, 0.1) is 10.8 Å². The van der Waals surface area contributed by atoms with Crippen LogP contribution < -0.4 is 16.4 Å². The van der Waals surface area contributed by atoms with Crippen LogP contribution in [0.1, 0.15) is 40.3 Å². The van der Waals surface area contributed by atoms with E-state index < -0.39 is 101 Å². The van der Waals surface area contributed by atoms with Gasteiger partial charge in [0.05, 0.1) is 19.5 Å². The Hall–Kier alpha value is -2.97. The molecular weight excluding hydrogens is 841 g/mol. The molecule has 0 bridgehead atoms. The molecule has 1 saturated heterocycles. The number of phosphoric ester groups is 3. The maximum atomic E-state index is 12.7. The summed E-state index contributed by atoms with van der Waals surface area (Å²) in [4.78, 5) is 98.6. The van der Waals surface area contributed by atoms with Gasteiger partial charge in [0.15, 0.2) is 17.7 Å². The molecule has 1 fully saturated rings. The molecule has 3 rings (SSSR count). The minimum absolute atomic E-state index is 0.0147. The van der Waals surface area contributed by atoms with Crippen molar-refractivity contribution in [2.45, 2.75) is 64.8 Å². The molecule has 8 atom stereocenters. The van der Waals surface area contributed by atoms with Gasteiger partial charge >= 0.3 is 29.4 Å². The number of anilines is 1. The molecule has 2 aromatic rings. The van der Waals surface area contributed by atoms with Crippen molar-refractivity contribution < 1.29 is 90.4 Å². The normalized spacial score (nSPS) is 22.8. The van der Waals surface area contributed by atoms with Gasteiger partial charge in [-0.2, -0.15) is 4.31 Å². The van der Waals surface area contributed by atoms with Crippen molar-refractivity contribution in [1.82, 2.24) is 30.2 Å². The molecule has 3 unspecified atom stereocenters. The molecule has 56 heavy (non-hydrogen) atoms. The van der Waals surface area contributed by atoms with Crippen molar-refractivity contribution >= 4 is 75.1 Å². The van der Waals surface area contributed by atoms with E-state index in [1.54, 1.807) is 0 Å². The Morgan fingerprint density at radius 3 is 2.32 bits per heavy atom. The molecule has 2 aromatic heterocycles. The number of ether oxygens (including phenoxy) is 1. The fourth-order valence-corrected chi connectivity index (χ4v) is 8.21. The molecular formula is C26H42N7O19P3S. The number of hydrogen-bond acceptors (Lipinski definition) is 19. The molecule has 2 amide bonds. The summed E-state index contributed by atoms with van der Waals surface area (Å²) in [6.07, 6.45) is -7.14. The summed E-state index contributed by atoms with van der Waals surface area (Å²) in [5, 5.41) is 34.6. The van der Waals surface area contributed by atoms with Crippen LogP contribution in [0.2, 0.25) is 0 Å². The molecule has 1 aliphatic rings. The smallest absolute Gasteiger partial charge is 0.480 e. The number of rotatable bonds is 21. The summed E-state index contributed by atoms with van der Waals surface area (Å²) >= 11 is 0.725. The SMILES string of the molecule is CC([14CH3])(C(=O)O)C(=O)SCCNC(=O)CCNC(=O)[C@H](O)C(C)(C)COP(=O)(O)OP(=O)(O)OC[C@H]1O[C@@H](n2cnc3c(N)ncnc32)[C@H](O)[C@@H]1OP(=O)(O)O. The molecule has 30 heteroatoms. The zero-order chi connectivity index (χ0) is 42.4. The number of carboxylic acid groups (broad SMARTS) is 1. The number of imidazole rings is 1. The molecule has 3 heterocycles. The predicted octanol–water partition coefficient (Wildman–Crippen LogP) is -1.22. The zero-order valence-electron chi connectivity index (χ0n) is 29.9. The summed E-state index contributed by atoms with van der Waals surface area (Å²) in [6.45, 7) is 2.60. The third-order valence-corrected chi connectivity index (χ3v) is 12.1. The first-order valence-electron chi connectivity index (χ1n) is 16.0. The van der Waals surface area contributed by atoms with Crippen molar-refractivity contribution in [3.05, 3.63) is 12.7 Å². The monoisotopic (exact) mass is 883 g/mol.